The Morgan fingerprint density at radius 2 is 2.11 bits per heavy atom. The van der Waals surface area contributed by atoms with Gasteiger partial charge in [-0.3, -0.25) is 4.79 Å². The lowest BCUT2D eigenvalue weighted by Crippen LogP contribution is -2.41. The normalized spacial score (nSPS) is 14.3. The van der Waals surface area contributed by atoms with E-state index in [-0.39, 0.29) is 18.2 Å². The molecule has 4 nitrogen and oxygen atoms in total. The van der Waals surface area contributed by atoms with Crippen molar-refractivity contribution in [1.82, 2.24) is 5.32 Å². The topological polar surface area (TPSA) is 69.6 Å². The van der Waals surface area contributed by atoms with Crippen LogP contribution in [-0.4, -0.2) is 28.3 Å². The van der Waals surface area contributed by atoms with Gasteiger partial charge in [-0.05, 0) is 37.5 Å². The largest absolute Gasteiger partial charge is 0.508 e. The third-order valence-corrected chi connectivity index (χ3v) is 2.59. The van der Waals surface area contributed by atoms with Crippen LogP contribution in [0.25, 0.3) is 0 Å². The Morgan fingerprint density at radius 1 is 1.44 bits per heavy atom. The van der Waals surface area contributed by atoms with Crippen LogP contribution in [0.5, 0.6) is 5.75 Å². The van der Waals surface area contributed by atoms with Crippen molar-refractivity contribution in [1.29, 1.82) is 0 Å². The van der Waals surface area contributed by atoms with Crippen molar-refractivity contribution < 1.29 is 15.0 Å². The molecule has 1 rings (SSSR count). The number of hydrogen-bond acceptors (Lipinski definition) is 3. The van der Waals surface area contributed by atoms with Gasteiger partial charge >= 0.3 is 0 Å². The van der Waals surface area contributed by atoms with E-state index < -0.39 is 5.60 Å². The molecule has 1 unspecified atom stereocenters. The lowest BCUT2D eigenvalue weighted by Gasteiger charge is -2.25. The van der Waals surface area contributed by atoms with Crippen LogP contribution in [0.15, 0.2) is 24.3 Å². The highest BCUT2D eigenvalue weighted by molar-refractivity contribution is 5.94. The van der Waals surface area contributed by atoms with Crippen LogP contribution in [0, 0.1) is 5.92 Å². The number of rotatable bonds is 5. The van der Waals surface area contributed by atoms with Crippen molar-refractivity contribution in [2.45, 2.75) is 32.8 Å². The minimum Gasteiger partial charge on any atom is -0.508 e. The van der Waals surface area contributed by atoms with E-state index >= 15 is 0 Å². The standard InChI is InChI=1S/C14H21NO3/c1-10(2)8-14(3,18)9-15-13(17)11-5-4-6-12(16)7-11/h4-7,10,16,18H,8-9H2,1-3H3,(H,15,17). The first-order valence-corrected chi connectivity index (χ1v) is 6.10. The smallest absolute Gasteiger partial charge is 0.251 e. The summed E-state index contributed by atoms with van der Waals surface area (Å²) in [4.78, 5) is 11.8. The minimum absolute atomic E-state index is 0.0524. The van der Waals surface area contributed by atoms with Gasteiger partial charge in [0, 0.05) is 12.1 Å². The van der Waals surface area contributed by atoms with Gasteiger partial charge in [0.05, 0.1) is 5.60 Å². The minimum atomic E-state index is -0.916. The fourth-order valence-corrected chi connectivity index (χ4v) is 1.97. The molecule has 0 aliphatic heterocycles. The highest BCUT2D eigenvalue weighted by Crippen LogP contribution is 2.16. The maximum atomic E-state index is 11.8. The lowest BCUT2D eigenvalue weighted by molar-refractivity contribution is 0.0368. The van der Waals surface area contributed by atoms with Crippen LogP contribution in [0.4, 0.5) is 0 Å². The van der Waals surface area contributed by atoms with E-state index in [1.165, 1.54) is 12.1 Å². The predicted octanol–water partition coefficient (Wildman–Crippen LogP) is 1.92. The zero-order chi connectivity index (χ0) is 13.8. The highest BCUT2D eigenvalue weighted by Gasteiger charge is 2.22. The molecule has 1 atom stereocenters. The third-order valence-electron chi connectivity index (χ3n) is 2.59. The summed E-state index contributed by atoms with van der Waals surface area (Å²) in [7, 11) is 0. The van der Waals surface area contributed by atoms with Crippen molar-refractivity contribution in [3.05, 3.63) is 29.8 Å². The van der Waals surface area contributed by atoms with Gasteiger partial charge in [0.2, 0.25) is 0 Å². The molecule has 0 saturated heterocycles. The number of carbonyl (C=O) groups excluding carboxylic acids is 1. The molecule has 0 spiro atoms. The van der Waals surface area contributed by atoms with Crippen molar-refractivity contribution >= 4 is 5.91 Å². The zero-order valence-corrected chi connectivity index (χ0v) is 11.1. The second-order valence-electron chi connectivity index (χ2n) is 5.33. The van der Waals surface area contributed by atoms with E-state index in [2.05, 4.69) is 5.32 Å². The summed E-state index contributed by atoms with van der Waals surface area (Å²) in [6.07, 6.45) is 0.618. The molecule has 0 aliphatic rings. The summed E-state index contributed by atoms with van der Waals surface area (Å²) in [5.41, 5.74) is -0.531. The number of amides is 1. The van der Waals surface area contributed by atoms with E-state index in [1.807, 2.05) is 13.8 Å². The van der Waals surface area contributed by atoms with Gasteiger partial charge in [0.1, 0.15) is 5.75 Å². The van der Waals surface area contributed by atoms with Crippen molar-refractivity contribution in [3.63, 3.8) is 0 Å². The number of hydrogen-bond donors (Lipinski definition) is 3. The first kappa shape index (κ1) is 14.5. The maximum Gasteiger partial charge on any atom is 0.251 e. The molecule has 0 bridgehead atoms. The molecule has 0 fully saturated rings. The highest BCUT2D eigenvalue weighted by atomic mass is 16.3. The summed E-state index contributed by atoms with van der Waals surface area (Å²) in [5.74, 6) is 0.115. The van der Waals surface area contributed by atoms with Gasteiger partial charge in [0.15, 0.2) is 0 Å². The van der Waals surface area contributed by atoms with Crippen LogP contribution >= 0.6 is 0 Å². The van der Waals surface area contributed by atoms with Crippen LogP contribution in [0.1, 0.15) is 37.6 Å². The van der Waals surface area contributed by atoms with Crippen molar-refractivity contribution in [2.24, 2.45) is 5.92 Å². The van der Waals surface area contributed by atoms with Gasteiger partial charge < -0.3 is 15.5 Å². The second kappa shape index (κ2) is 5.87. The van der Waals surface area contributed by atoms with E-state index in [4.69, 9.17) is 0 Å². The van der Waals surface area contributed by atoms with Gasteiger partial charge in [-0.1, -0.05) is 19.9 Å². The van der Waals surface area contributed by atoms with Crippen LogP contribution in [-0.2, 0) is 0 Å². The van der Waals surface area contributed by atoms with E-state index in [9.17, 15) is 15.0 Å². The van der Waals surface area contributed by atoms with Crippen LogP contribution < -0.4 is 5.32 Å². The van der Waals surface area contributed by atoms with E-state index in [0.29, 0.717) is 17.9 Å². The number of nitrogens with one attached hydrogen (secondary N) is 1. The molecular formula is C14H21NO3. The summed E-state index contributed by atoms with van der Waals surface area (Å²) in [5, 5.41) is 22.0. The fourth-order valence-electron chi connectivity index (χ4n) is 1.97. The number of benzene rings is 1. The molecule has 1 aromatic carbocycles. The van der Waals surface area contributed by atoms with Gasteiger partial charge in [-0.2, -0.15) is 0 Å². The van der Waals surface area contributed by atoms with Crippen molar-refractivity contribution in [2.75, 3.05) is 6.54 Å². The van der Waals surface area contributed by atoms with Crippen LogP contribution in [0.2, 0.25) is 0 Å². The molecular weight excluding hydrogens is 230 g/mol. The van der Waals surface area contributed by atoms with Crippen LogP contribution in [0.3, 0.4) is 0 Å². The molecule has 0 heterocycles. The zero-order valence-electron chi connectivity index (χ0n) is 11.1. The Bertz CT molecular complexity index is 413. The molecule has 18 heavy (non-hydrogen) atoms. The monoisotopic (exact) mass is 251 g/mol. The predicted molar refractivity (Wildman–Crippen MR) is 70.5 cm³/mol. The molecule has 3 N–H and O–H groups in total. The van der Waals surface area contributed by atoms with Crippen molar-refractivity contribution in [3.8, 4) is 5.75 Å². The second-order valence-corrected chi connectivity index (χ2v) is 5.33. The SMILES string of the molecule is CC(C)CC(C)(O)CNC(=O)c1cccc(O)c1. The quantitative estimate of drug-likeness (QED) is 0.748. The first-order chi connectivity index (χ1) is 8.30. The Labute approximate surface area is 108 Å². The molecule has 1 amide bonds. The number of aromatic hydroxyl groups is 1. The number of carbonyl (C=O) groups is 1. The molecule has 100 valence electrons. The van der Waals surface area contributed by atoms with E-state index in [1.54, 1.807) is 19.1 Å². The van der Waals surface area contributed by atoms with Gasteiger partial charge in [-0.25, -0.2) is 0 Å². The van der Waals surface area contributed by atoms with Gasteiger partial charge in [-0.15, -0.1) is 0 Å². The van der Waals surface area contributed by atoms with Gasteiger partial charge in [0.25, 0.3) is 5.91 Å². The summed E-state index contributed by atoms with van der Waals surface area (Å²) in [6, 6.07) is 6.13. The molecule has 0 aliphatic carbocycles. The fraction of sp³-hybridized carbons (Fsp3) is 0.500. The average Bonchev–Trinajstić information content (AvgIpc) is 2.24. The molecule has 0 aromatic heterocycles. The molecule has 4 heteroatoms. The Balaban J connectivity index is 2.56. The maximum absolute atomic E-state index is 11.8. The summed E-state index contributed by atoms with van der Waals surface area (Å²) >= 11 is 0. The molecule has 0 radical (unpaired) electrons. The Kier molecular flexibility index (Phi) is 4.73. The number of phenols is 1. The lowest BCUT2D eigenvalue weighted by atomic mass is 9.94. The molecule has 1 aromatic rings. The summed E-state index contributed by atoms with van der Waals surface area (Å²) < 4.78 is 0. The molecule has 0 saturated carbocycles. The Hall–Kier alpha value is -1.55. The third kappa shape index (κ3) is 4.75. The first-order valence-electron chi connectivity index (χ1n) is 6.10. The number of aliphatic hydroxyl groups is 1. The number of phenolic OH excluding ortho intramolecular Hbond substituents is 1. The van der Waals surface area contributed by atoms with E-state index in [0.717, 1.165) is 0 Å². The summed E-state index contributed by atoms with van der Waals surface area (Å²) in [6.45, 7) is 5.94. The Morgan fingerprint density at radius 3 is 2.67 bits per heavy atom. The average molecular weight is 251 g/mol.